The topological polar surface area (TPSA) is 39.2 Å². The molecule has 0 aliphatic heterocycles. The number of esters is 1. The molecule has 0 bridgehead atoms. The van der Waals surface area contributed by atoms with Crippen LogP contribution in [0.15, 0.2) is 18.2 Å². The first kappa shape index (κ1) is 16.0. The molecule has 1 aliphatic rings. The zero-order valence-electron chi connectivity index (χ0n) is 12.5. The van der Waals surface area contributed by atoms with Crippen LogP contribution in [0.5, 0.6) is 0 Å². The number of methoxy groups -OCH3 is 1. The fraction of sp³-hybridized carbons (Fsp3) is 0.375. The van der Waals surface area contributed by atoms with Crippen LogP contribution in [0.1, 0.15) is 45.3 Å². The van der Waals surface area contributed by atoms with Crippen molar-refractivity contribution in [1.82, 2.24) is 4.98 Å². The standard InChI is InChI=1S/C16H14F3NO2S/c1-8-10(4-3-5-11(8)16(17,18)19)14-20-12(15(21)22-2)13(23-14)9-6-7-9/h3-5,9H,6-7H2,1-2H3. The maximum Gasteiger partial charge on any atom is 0.416 e. The molecule has 0 atom stereocenters. The summed E-state index contributed by atoms with van der Waals surface area (Å²) in [5.41, 5.74) is 0.0685. The molecule has 0 amide bonds. The molecule has 1 heterocycles. The quantitative estimate of drug-likeness (QED) is 0.753. The minimum absolute atomic E-state index is 0.118. The minimum Gasteiger partial charge on any atom is -0.464 e. The first-order chi connectivity index (χ1) is 10.8. The van der Waals surface area contributed by atoms with Crippen LogP contribution in [-0.4, -0.2) is 18.1 Å². The van der Waals surface area contributed by atoms with Crippen molar-refractivity contribution in [2.24, 2.45) is 0 Å². The summed E-state index contributed by atoms with van der Waals surface area (Å²) in [6.45, 7) is 1.42. The van der Waals surface area contributed by atoms with Crippen LogP contribution in [0.4, 0.5) is 13.2 Å². The summed E-state index contributed by atoms with van der Waals surface area (Å²) in [4.78, 5) is 16.9. The van der Waals surface area contributed by atoms with Gasteiger partial charge in [-0.2, -0.15) is 13.2 Å². The van der Waals surface area contributed by atoms with E-state index in [2.05, 4.69) is 4.98 Å². The summed E-state index contributed by atoms with van der Waals surface area (Å²) in [6.07, 6.45) is -2.48. The molecule has 1 aromatic heterocycles. The van der Waals surface area contributed by atoms with Crippen molar-refractivity contribution in [3.05, 3.63) is 39.9 Å². The Morgan fingerprint density at radius 2 is 2.04 bits per heavy atom. The van der Waals surface area contributed by atoms with Crippen molar-refractivity contribution < 1.29 is 22.7 Å². The lowest BCUT2D eigenvalue weighted by molar-refractivity contribution is -0.138. The Morgan fingerprint density at radius 3 is 2.61 bits per heavy atom. The molecule has 0 radical (unpaired) electrons. The number of hydrogen-bond donors (Lipinski definition) is 0. The van der Waals surface area contributed by atoms with Crippen molar-refractivity contribution in [2.75, 3.05) is 7.11 Å². The van der Waals surface area contributed by atoms with Gasteiger partial charge in [-0.25, -0.2) is 9.78 Å². The minimum atomic E-state index is -4.41. The van der Waals surface area contributed by atoms with Crippen molar-refractivity contribution in [1.29, 1.82) is 0 Å². The van der Waals surface area contributed by atoms with Gasteiger partial charge in [0.2, 0.25) is 0 Å². The molecule has 0 saturated heterocycles. The van der Waals surface area contributed by atoms with Gasteiger partial charge >= 0.3 is 12.1 Å². The van der Waals surface area contributed by atoms with Gasteiger partial charge in [0.05, 0.1) is 12.7 Å². The second-order valence-electron chi connectivity index (χ2n) is 5.47. The number of thiazole rings is 1. The zero-order valence-corrected chi connectivity index (χ0v) is 13.3. The van der Waals surface area contributed by atoms with E-state index in [-0.39, 0.29) is 17.2 Å². The van der Waals surface area contributed by atoms with Crippen molar-refractivity contribution in [3.8, 4) is 10.6 Å². The van der Waals surface area contributed by atoms with E-state index >= 15 is 0 Å². The fourth-order valence-corrected chi connectivity index (χ4v) is 3.79. The summed E-state index contributed by atoms with van der Waals surface area (Å²) in [6, 6.07) is 4.01. The number of carbonyl (C=O) groups is 1. The first-order valence-electron chi connectivity index (χ1n) is 7.09. The van der Waals surface area contributed by atoms with Gasteiger partial charge in [-0.1, -0.05) is 12.1 Å². The molecule has 0 unspecified atom stereocenters. The van der Waals surface area contributed by atoms with Gasteiger partial charge in [-0.3, -0.25) is 0 Å². The Morgan fingerprint density at radius 1 is 1.35 bits per heavy atom. The molecule has 122 valence electrons. The van der Waals surface area contributed by atoms with Crippen molar-refractivity contribution in [3.63, 3.8) is 0 Å². The van der Waals surface area contributed by atoms with Crippen LogP contribution >= 0.6 is 11.3 Å². The van der Waals surface area contributed by atoms with Gasteiger partial charge in [-0.05, 0) is 37.3 Å². The lowest BCUT2D eigenvalue weighted by Gasteiger charge is -2.12. The molecule has 1 aromatic carbocycles. The van der Waals surface area contributed by atoms with E-state index in [1.165, 1.54) is 31.4 Å². The number of aromatic nitrogens is 1. The van der Waals surface area contributed by atoms with Gasteiger partial charge in [0.1, 0.15) is 5.01 Å². The van der Waals surface area contributed by atoms with Gasteiger partial charge in [0.15, 0.2) is 5.69 Å². The maximum absolute atomic E-state index is 13.1. The molecule has 3 nitrogen and oxygen atoms in total. The number of nitrogens with zero attached hydrogens (tertiary/aromatic N) is 1. The van der Waals surface area contributed by atoms with Crippen molar-refractivity contribution >= 4 is 17.3 Å². The number of alkyl halides is 3. The molecule has 1 fully saturated rings. The molecule has 0 N–H and O–H groups in total. The third-order valence-electron chi connectivity index (χ3n) is 3.85. The summed E-state index contributed by atoms with van der Waals surface area (Å²) in [5, 5.41) is 0.427. The molecular weight excluding hydrogens is 327 g/mol. The van der Waals surface area contributed by atoms with E-state index in [4.69, 9.17) is 4.74 Å². The van der Waals surface area contributed by atoms with Crippen LogP contribution in [0.3, 0.4) is 0 Å². The number of hydrogen-bond acceptors (Lipinski definition) is 4. The van der Waals surface area contributed by atoms with Gasteiger partial charge < -0.3 is 4.74 Å². The second-order valence-corrected chi connectivity index (χ2v) is 6.50. The highest BCUT2D eigenvalue weighted by atomic mass is 32.1. The normalized spacial score (nSPS) is 14.8. The third kappa shape index (κ3) is 2.97. The van der Waals surface area contributed by atoms with E-state index in [0.717, 1.165) is 23.8 Å². The zero-order chi connectivity index (χ0) is 16.8. The highest BCUT2D eigenvalue weighted by molar-refractivity contribution is 7.15. The largest absolute Gasteiger partial charge is 0.464 e. The summed E-state index contributed by atoms with van der Waals surface area (Å²) >= 11 is 1.28. The van der Waals surface area contributed by atoms with Gasteiger partial charge in [0.25, 0.3) is 0 Å². The highest BCUT2D eigenvalue weighted by Gasteiger charge is 2.35. The highest BCUT2D eigenvalue weighted by Crippen LogP contribution is 2.47. The molecule has 2 aromatic rings. The lowest BCUT2D eigenvalue weighted by Crippen LogP contribution is -2.08. The van der Waals surface area contributed by atoms with Crippen LogP contribution in [0.2, 0.25) is 0 Å². The summed E-state index contributed by atoms with van der Waals surface area (Å²) < 4.78 is 43.9. The van der Waals surface area contributed by atoms with Crippen LogP contribution in [-0.2, 0) is 10.9 Å². The Balaban J connectivity index is 2.11. The predicted molar refractivity (Wildman–Crippen MR) is 80.6 cm³/mol. The molecular formula is C16H14F3NO2S. The van der Waals surface area contributed by atoms with E-state index in [0.29, 0.717) is 10.6 Å². The average molecular weight is 341 g/mol. The molecule has 23 heavy (non-hydrogen) atoms. The van der Waals surface area contributed by atoms with Crippen LogP contribution in [0, 0.1) is 6.92 Å². The van der Waals surface area contributed by atoms with Crippen LogP contribution < -0.4 is 0 Å². The lowest BCUT2D eigenvalue weighted by atomic mass is 10.0. The van der Waals surface area contributed by atoms with E-state index in [1.54, 1.807) is 6.07 Å². The Bertz CT molecular complexity index is 763. The maximum atomic E-state index is 13.1. The smallest absolute Gasteiger partial charge is 0.416 e. The summed E-state index contributed by atoms with van der Waals surface area (Å²) in [5.74, 6) is -0.277. The molecule has 0 spiro atoms. The molecule has 1 aliphatic carbocycles. The SMILES string of the molecule is COC(=O)c1nc(-c2cccc(C(F)(F)F)c2C)sc1C1CC1. The number of rotatable bonds is 3. The van der Waals surface area contributed by atoms with E-state index < -0.39 is 17.7 Å². The van der Waals surface area contributed by atoms with Crippen molar-refractivity contribution in [2.45, 2.75) is 31.9 Å². The monoisotopic (exact) mass is 341 g/mol. The predicted octanol–water partition coefficient (Wildman–Crippen LogP) is 4.80. The number of halogens is 3. The average Bonchev–Trinajstić information content (AvgIpc) is 3.25. The van der Waals surface area contributed by atoms with E-state index in [9.17, 15) is 18.0 Å². The summed E-state index contributed by atoms with van der Waals surface area (Å²) in [7, 11) is 1.27. The Kier molecular flexibility index (Phi) is 3.91. The number of carbonyl (C=O) groups excluding carboxylic acids is 1. The number of benzene rings is 1. The van der Waals surface area contributed by atoms with Gasteiger partial charge in [0, 0.05) is 10.4 Å². The van der Waals surface area contributed by atoms with Gasteiger partial charge in [-0.15, -0.1) is 11.3 Å². The second kappa shape index (κ2) is 5.63. The van der Waals surface area contributed by atoms with E-state index in [1.807, 2.05) is 0 Å². The Labute approximate surface area is 135 Å². The third-order valence-corrected chi connectivity index (χ3v) is 5.10. The molecule has 1 saturated carbocycles. The molecule has 7 heteroatoms. The number of ether oxygens (including phenoxy) is 1. The Hall–Kier alpha value is -1.89. The fourth-order valence-electron chi connectivity index (χ4n) is 2.49. The van der Waals surface area contributed by atoms with Crippen LogP contribution in [0.25, 0.3) is 10.6 Å². The molecule has 3 rings (SSSR count). The first-order valence-corrected chi connectivity index (χ1v) is 7.90.